The van der Waals surface area contributed by atoms with Gasteiger partial charge in [-0.2, -0.15) is 0 Å². The van der Waals surface area contributed by atoms with Crippen LogP contribution in [-0.2, 0) is 9.53 Å². The summed E-state index contributed by atoms with van der Waals surface area (Å²) in [6.07, 6.45) is 8.28. The number of hydrogen-bond donors (Lipinski definition) is 2. The van der Waals surface area contributed by atoms with E-state index in [0.717, 1.165) is 44.2 Å². The van der Waals surface area contributed by atoms with Gasteiger partial charge in [0.05, 0.1) is 18.9 Å². The number of carbonyl (C=O) groups excluding carboxylic acids is 2. The van der Waals surface area contributed by atoms with Gasteiger partial charge in [0, 0.05) is 12.3 Å². The molecule has 0 saturated heterocycles. The van der Waals surface area contributed by atoms with Crippen LogP contribution in [0.25, 0.3) is 0 Å². The Morgan fingerprint density at radius 1 is 1.17 bits per heavy atom. The second kappa shape index (κ2) is 11.2. The van der Waals surface area contributed by atoms with Gasteiger partial charge in [-0.15, -0.1) is 0 Å². The molecule has 1 amide bonds. The van der Waals surface area contributed by atoms with E-state index in [-0.39, 0.29) is 28.9 Å². The van der Waals surface area contributed by atoms with Gasteiger partial charge in [-0.1, -0.05) is 38.2 Å². The minimum absolute atomic E-state index is 0.0153. The molecule has 2 N–H and O–H groups in total. The van der Waals surface area contributed by atoms with Gasteiger partial charge in [0.25, 0.3) is 0 Å². The highest BCUT2D eigenvalue weighted by molar-refractivity contribution is 5.94. The molecule has 36 heavy (non-hydrogen) atoms. The highest BCUT2D eigenvalue weighted by Gasteiger charge is 2.29. The number of ether oxygens (including phenoxy) is 2. The van der Waals surface area contributed by atoms with Crippen LogP contribution in [0.15, 0.2) is 48.8 Å². The lowest BCUT2D eigenvalue weighted by atomic mass is 9.84. The fourth-order valence-electron chi connectivity index (χ4n) is 4.45. The Bertz CT molecular complexity index is 1200. The Labute approximate surface area is 206 Å². The van der Waals surface area contributed by atoms with Crippen molar-refractivity contribution >= 4 is 17.7 Å². The third-order valence-corrected chi connectivity index (χ3v) is 6.30. The number of methoxy groups -OCH3 is 1. The average molecular weight is 500 g/mol. The van der Waals surface area contributed by atoms with Crippen LogP contribution in [0.1, 0.15) is 54.9 Å². The smallest absolute Gasteiger partial charge is 0.339 e. The molecular formula is C26H27F2N3O5. The second-order valence-electron chi connectivity index (χ2n) is 8.76. The van der Waals surface area contributed by atoms with E-state index >= 15 is 0 Å². The lowest BCUT2D eigenvalue weighted by Crippen LogP contribution is -2.28. The van der Waals surface area contributed by atoms with Gasteiger partial charge in [-0.25, -0.2) is 18.6 Å². The summed E-state index contributed by atoms with van der Waals surface area (Å²) < 4.78 is 39.5. The van der Waals surface area contributed by atoms with Crippen molar-refractivity contribution in [1.82, 2.24) is 9.55 Å². The van der Waals surface area contributed by atoms with E-state index in [0.29, 0.717) is 6.42 Å². The van der Waals surface area contributed by atoms with Crippen LogP contribution in [0.2, 0.25) is 0 Å². The van der Waals surface area contributed by atoms with Gasteiger partial charge in [-0.05, 0) is 36.6 Å². The van der Waals surface area contributed by atoms with Crippen LogP contribution in [-0.4, -0.2) is 33.6 Å². The standard InChI is InChI=1S/C26H27F2N3O5/c1-35-26(34)17-10-11-22(29-14-17)30-25(33)21(12-16-6-3-2-4-7-16)31-15-18(13-23(31)32)36-24-19(27)8-5-9-20(24)28/h5,8-11,13-16,21,32H,2-4,6-7,12H2,1H3,(H,29,30,33)/t21-/m0/s1. The lowest BCUT2D eigenvalue weighted by molar-refractivity contribution is -0.120. The van der Waals surface area contributed by atoms with E-state index in [4.69, 9.17) is 4.74 Å². The molecular weight excluding hydrogens is 472 g/mol. The third kappa shape index (κ3) is 5.81. The Hall–Kier alpha value is -3.95. The van der Waals surface area contributed by atoms with E-state index in [1.807, 2.05) is 0 Å². The summed E-state index contributed by atoms with van der Waals surface area (Å²) in [5, 5.41) is 13.4. The van der Waals surface area contributed by atoms with Crippen molar-refractivity contribution in [2.24, 2.45) is 5.92 Å². The third-order valence-electron chi connectivity index (χ3n) is 6.30. The Balaban J connectivity index is 1.58. The van der Waals surface area contributed by atoms with Gasteiger partial charge < -0.3 is 24.5 Å². The predicted molar refractivity (Wildman–Crippen MR) is 127 cm³/mol. The first-order valence-corrected chi connectivity index (χ1v) is 11.7. The SMILES string of the molecule is COC(=O)c1ccc(NC(=O)[C@H](CC2CCCCC2)n2cc(Oc3c(F)cccc3F)cc2O)nc1. The summed E-state index contributed by atoms with van der Waals surface area (Å²) in [6.45, 7) is 0. The molecule has 0 bridgehead atoms. The first-order chi connectivity index (χ1) is 17.4. The number of rotatable bonds is 8. The number of halogens is 2. The monoisotopic (exact) mass is 499 g/mol. The molecule has 0 radical (unpaired) electrons. The topological polar surface area (TPSA) is 103 Å². The number of pyridine rings is 1. The van der Waals surface area contributed by atoms with Crippen LogP contribution in [0.3, 0.4) is 0 Å². The first kappa shape index (κ1) is 25.2. The van der Waals surface area contributed by atoms with Crippen molar-refractivity contribution in [2.45, 2.75) is 44.6 Å². The van der Waals surface area contributed by atoms with Gasteiger partial charge >= 0.3 is 5.97 Å². The largest absolute Gasteiger partial charge is 0.494 e. The zero-order valence-electron chi connectivity index (χ0n) is 19.7. The van der Waals surface area contributed by atoms with E-state index in [1.54, 1.807) is 0 Å². The molecule has 1 aliphatic carbocycles. The quantitative estimate of drug-likeness (QED) is 0.392. The fourth-order valence-corrected chi connectivity index (χ4v) is 4.45. The normalized spacial score (nSPS) is 14.8. The Morgan fingerprint density at radius 2 is 1.89 bits per heavy atom. The number of benzene rings is 1. The number of esters is 1. The van der Waals surface area contributed by atoms with Gasteiger partial charge in [0.1, 0.15) is 17.6 Å². The van der Waals surface area contributed by atoms with Crippen LogP contribution in [0.5, 0.6) is 17.4 Å². The number of anilines is 1. The van der Waals surface area contributed by atoms with Crippen molar-refractivity contribution < 1.29 is 33.0 Å². The zero-order valence-corrected chi connectivity index (χ0v) is 19.7. The molecule has 2 heterocycles. The summed E-state index contributed by atoms with van der Waals surface area (Å²) in [4.78, 5) is 29.1. The molecule has 4 rings (SSSR count). The molecule has 1 fully saturated rings. The zero-order chi connectivity index (χ0) is 25.7. The highest BCUT2D eigenvalue weighted by Crippen LogP contribution is 2.37. The molecule has 1 saturated carbocycles. The number of hydrogen-bond acceptors (Lipinski definition) is 6. The maximum atomic E-state index is 14.0. The average Bonchev–Trinajstić information content (AvgIpc) is 3.25. The maximum Gasteiger partial charge on any atom is 0.339 e. The van der Waals surface area contributed by atoms with Crippen molar-refractivity contribution in [3.63, 3.8) is 0 Å². The van der Waals surface area contributed by atoms with Crippen molar-refractivity contribution in [1.29, 1.82) is 0 Å². The van der Waals surface area contributed by atoms with Crippen molar-refractivity contribution in [2.75, 3.05) is 12.4 Å². The number of amides is 1. The molecule has 1 aromatic carbocycles. The number of carbonyl (C=O) groups is 2. The molecule has 1 atom stereocenters. The maximum absolute atomic E-state index is 14.0. The molecule has 0 unspecified atom stereocenters. The second-order valence-corrected chi connectivity index (χ2v) is 8.76. The number of aromatic hydroxyl groups is 1. The number of nitrogens with zero attached hydrogens (tertiary/aromatic N) is 2. The summed E-state index contributed by atoms with van der Waals surface area (Å²) >= 11 is 0. The highest BCUT2D eigenvalue weighted by atomic mass is 19.1. The minimum atomic E-state index is -0.889. The van der Waals surface area contributed by atoms with Crippen LogP contribution in [0, 0.1) is 17.6 Å². The minimum Gasteiger partial charge on any atom is -0.494 e. The van der Waals surface area contributed by atoms with Crippen LogP contribution >= 0.6 is 0 Å². The predicted octanol–water partition coefficient (Wildman–Crippen LogP) is 5.60. The van der Waals surface area contributed by atoms with Crippen LogP contribution < -0.4 is 10.1 Å². The molecule has 1 aliphatic rings. The van der Waals surface area contributed by atoms with Gasteiger partial charge in [0.15, 0.2) is 23.3 Å². The molecule has 190 valence electrons. The van der Waals surface area contributed by atoms with Crippen molar-refractivity contribution in [3.05, 3.63) is 66.0 Å². The summed E-state index contributed by atoms with van der Waals surface area (Å²) in [5.41, 5.74) is 0.236. The number of nitrogens with one attached hydrogen (secondary N) is 1. The number of aromatic nitrogens is 2. The molecule has 10 heteroatoms. The van der Waals surface area contributed by atoms with Crippen LogP contribution in [0.4, 0.5) is 14.6 Å². The van der Waals surface area contributed by atoms with E-state index in [2.05, 4.69) is 15.0 Å². The van der Waals surface area contributed by atoms with E-state index in [1.165, 1.54) is 48.3 Å². The Kier molecular flexibility index (Phi) is 7.82. The molecule has 2 aromatic heterocycles. The Morgan fingerprint density at radius 3 is 2.53 bits per heavy atom. The molecule has 8 nitrogen and oxygen atoms in total. The van der Waals surface area contributed by atoms with E-state index in [9.17, 15) is 23.5 Å². The lowest BCUT2D eigenvalue weighted by Gasteiger charge is -2.27. The van der Waals surface area contributed by atoms with Gasteiger partial charge in [-0.3, -0.25) is 4.79 Å². The summed E-state index contributed by atoms with van der Waals surface area (Å²) in [6, 6.07) is 6.67. The first-order valence-electron chi connectivity index (χ1n) is 11.7. The molecule has 0 spiro atoms. The fraction of sp³-hybridized carbons (Fsp3) is 0.346. The van der Waals surface area contributed by atoms with Gasteiger partial charge in [0.2, 0.25) is 5.91 Å². The molecule has 3 aromatic rings. The molecule has 0 aliphatic heterocycles. The summed E-state index contributed by atoms with van der Waals surface area (Å²) in [7, 11) is 1.26. The van der Waals surface area contributed by atoms with E-state index < -0.39 is 35.3 Å². The number of para-hydroxylation sites is 1. The summed E-state index contributed by atoms with van der Waals surface area (Å²) in [5.74, 6) is -3.18. The van der Waals surface area contributed by atoms with Crippen molar-refractivity contribution in [3.8, 4) is 17.4 Å².